The topological polar surface area (TPSA) is 44.8 Å². The number of carbonyl (C=O) groups excluding carboxylic acids is 1. The first-order valence-electron chi connectivity index (χ1n) is 10.3. The standard InChI is InChI=1S/C21H30F3N3O2/c1-29-19-7-5-16(6-8-19)9-10-26-11-13-27(14-12-26)20(28)25-18-4-2-3-17(15-18)21(22,23)24/h5-8,17-18H,2-4,9-15H2,1H3,(H,25,28). The van der Waals surface area contributed by atoms with Crippen LogP contribution in [0.1, 0.15) is 31.2 Å². The lowest BCUT2D eigenvalue weighted by molar-refractivity contribution is -0.183. The molecule has 0 spiro atoms. The van der Waals surface area contributed by atoms with Gasteiger partial charge in [-0.05, 0) is 43.4 Å². The Balaban J connectivity index is 1.39. The van der Waals surface area contributed by atoms with Gasteiger partial charge >= 0.3 is 12.2 Å². The number of rotatable bonds is 5. The molecule has 2 atom stereocenters. The predicted molar refractivity (Wildman–Crippen MR) is 105 cm³/mol. The monoisotopic (exact) mass is 413 g/mol. The van der Waals surface area contributed by atoms with Gasteiger partial charge in [-0.3, -0.25) is 4.90 Å². The molecule has 3 rings (SSSR count). The van der Waals surface area contributed by atoms with Crippen LogP contribution in [0.2, 0.25) is 0 Å². The van der Waals surface area contributed by atoms with Gasteiger partial charge in [0.25, 0.3) is 0 Å². The minimum atomic E-state index is -4.17. The number of amides is 2. The third kappa shape index (κ3) is 6.26. The van der Waals surface area contributed by atoms with Crippen molar-refractivity contribution in [2.75, 3.05) is 39.8 Å². The molecule has 1 saturated heterocycles. The Hall–Kier alpha value is -1.96. The molecule has 1 aromatic carbocycles. The largest absolute Gasteiger partial charge is 0.497 e. The third-order valence-electron chi connectivity index (χ3n) is 6.00. The quantitative estimate of drug-likeness (QED) is 0.801. The van der Waals surface area contributed by atoms with Gasteiger partial charge in [-0.15, -0.1) is 0 Å². The van der Waals surface area contributed by atoms with Crippen LogP contribution < -0.4 is 10.1 Å². The van der Waals surface area contributed by atoms with Crippen molar-refractivity contribution in [3.8, 4) is 5.75 Å². The first-order chi connectivity index (χ1) is 13.8. The van der Waals surface area contributed by atoms with Crippen molar-refractivity contribution in [2.45, 2.75) is 44.3 Å². The van der Waals surface area contributed by atoms with Gasteiger partial charge in [0, 0.05) is 38.8 Å². The zero-order valence-electron chi connectivity index (χ0n) is 16.9. The van der Waals surface area contributed by atoms with Crippen molar-refractivity contribution in [1.82, 2.24) is 15.1 Å². The summed E-state index contributed by atoms with van der Waals surface area (Å²) in [5, 5.41) is 2.83. The Morgan fingerprint density at radius 3 is 2.45 bits per heavy atom. The van der Waals surface area contributed by atoms with E-state index in [2.05, 4.69) is 22.3 Å². The number of hydrogen-bond acceptors (Lipinski definition) is 3. The molecule has 1 aromatic rings. The Kier molecular flexibility index (Phi) is 7.27. The normalized spacial score (nSPS) is 23.7. The van der Waals surface area contributed by atoms with E-state index in [-0.39, 0.29) is 24.9 Å². The molecule has 162 valence electrons. The van der Waals surface area contributed by atoms with E-state index in [0.29, 0.717) is 25.9 Å². The van der Waals surface area contributed by atoms with Gasteiger partial charge in [0.05, 0.1) is 13.0 Å². The predicted octanol–water partition coefficient (Wildman–Crippen LogP) is 3.69. The van der Waals surface area contributed by atoms with Gasteiger partial charge in [-0.25, -0.2) is 4.79 Å². The van der Waals surface area contributed by atoms with Gasteiger partial charge in [-0.1, -0.05) is 18.6 Å². The highest BCUT2D eigenvalue weighted by Crippen LogP contribution is 2.37. The van der Waals surface area contributed by atoms with Crippen molar-refractivity contribution in [3.05, 3.63) is 29.8 Å². The summed E-state index contributed by atoms with van der Waals surface area (Å²) in [5.41, 5.74) is 1.24. The number of ether oxygens (including phenoxy) is 1. The Morgan fingerprint density at radius 1 is 1.14 bits per heavy atom. The fourth-order valence-corrected chi connectivity index (χ4v) is 4.14. The van der Waals surface area contributed by atoms with Gasteiger partial charge in [0.15, 0.2) is 0 Å². The molecule has 1 saturated carbocycles. The van der Waals surface area contributed by atoms with Gasteiger partial charge < -0.3 is 15.0 Å². The molecule has 29 heavy (non-hydrogen) atoms. The van der Waals surface area contributed by atoms with Crippen LogP contribution in [0.4, 0.5) is 18.0 Å². The molecule has 8 heteroatoms. The number of halogens is 3. The highest BCUT2D eigenvalue weighted by atomic mass is 19.4. The van der Waals surface area contributed by atoms with E-state index in [9.17, 15) is 18.0 Å². The highest BCUT2D eigenvalue weighted by Gasteiger charge is 2.42. The van der Waals surface area contributed by atoms with E-state index < -0.39 is 12.1 Å². The van der Waals surface area contributed by atoms with E-state index in [0.717, 1.165) is 31.8 Å². The number of carbonyl (C=O) groups is 1. The van der Waals surface area contributed by atoms with Gasteiger partial charge in [-0.2, -0.15) is 13.2 Å². The maximum Gasteiger partial charge on any atom is 0.391 e. The Labute approximate surface area is 170 Å². The van der Waals surface area contributed by atoms with E-state index >= 15 is 0 Å². The minimum Gasteiger partial charge on any atom is -0.497 e. The zero-order chi connectivity index (χ0) is 20.9. The first-order valence-corrected chi connectivity index (χ1v) is 10.3. The second kappa shape index (κ2) is 9.69. The molecule has 1 heterocycles. The number of nitrogens with zero attached hydrogens (tertiary/aromatic N) is 2. The zero-order valence-corrected chi connectivity index (χ0v) is 16.9. The molecule has 0 aromatic heterocycles. The van der Waals surface area contributed by atoms with Crippen LogP contribution in [0.3, 0.4) is 0 Å². The fourth-order valence-electron chi connectivity index (χ4n) is 4.14. The molecule has 2 amide bonds. The summed E-state index contributed by atoms with van der Waals surface area (Å²) in [6.07, 6.45) is -1.94. The third-order valence-corrected chi connectivity index (χ3v) is 6.00. The average molecular weight is 413 g/mol. The summed E-state index contributed by atoms with van der Waals surface area (Å²) >= 11 is 0. The van der Waals surface area contributed by atoms with E-state index in [1.54, 1.807) is 12.0 Å². The maximum atomic E-state index is 12.9. The SMILES string of the molecule is COc1ccc(CCN2CCN(C(=O)NC3CCCC(C(F)(F)F)C3)CC2)cc1. The van der Waals surface area contributed by atoms with E-state index in [1.165, 1.54) is 5.56 Å². The fraction of sp³-hybridized carbons (Fsp3) is 0.667. The second-order valence-electron chi connectivity index (χ2n) is 7.98. The average Bonchev–Trinajstić information content (AvgIpc) is 2.72. The van der Waals surface area contributed by atoms with Crippen LogP contribution in [-0.2, 0) is 6.42 Å². The number of hydrogen-bond donors (Lipinski definition) is 1. The first kappa shape index (κ1) is 21.7. The van der Waals surface area contributed by atoms with Crippen LogP contribution in [0.25, 0.3) is 0 Å². The number of alkyl halides is 3. The smallest absolute Gasteiger partial charge is 0.391 e. The summed E-state index contributed by atoms with van der Waals surface area (Å²) in [7, 11) is 1.65. The van der Waals surface area contributed by atoms with Crippen LogP contribution in [0.5, 0.6) is 5.75 Å². The molecular formula is C21H30F3N3O2. The molecular weight excluding hydrogens is 383 g/mol. The Morgan fingerprint density at radius 2 is 1.83 bits per heavy atom. The molecule has 2 aliphatic rings. The summed E-state index contributed by atoms with van der Waals surface area (Å²) in [6.45, 7) is 3.67. The molecule has 0 bridgehead atoms. The molecule has 0 radical (unpaired) electrons. The van der Waals surface area contributed by atoms with Crippen LogP contribution in [0, 0.1) is 5.92 Å². The molecule has 1 N–H and O–H groups in total. The lowest BCUT2D eigenvalue weighted by atomic mass is 9.85. The number of benzene rings is 1. The van der Waals surface area contributed by atoms with Gasteiger partial charge in [0.2, 0.25) is 0 Å². The number of methoxy groups -OCH3 is 1. The van der Waals surface area contributed by atoms with Crippen molar-refractivity contribution in [3.63, 3.8) is 0 Å². The maximum absolute atomic E-state index is 12.9. The molecule has 2 unspecified atom stereocenters. The number of piperazine rings is 1. The number of urea groups is 1. The summed E-state index contributed by atoms with van der Waals surface area (Å²) in [4.78, 5) is 16.5. The second-order valence-corrected chi connectivity index (χ2v) is 7.98. The highest BCUT2D eigenvalue weighted by molar-refractivity contribution is 5.74. The Bertz CT molecular complexity index is 658. The molecule has 5 nitrogen and oxygen atoms in total. The lowest BCUT2D eigenvalue weighted by Crippen LogP contribution is -2.54. The summed E-state index contributed by atoms with van der Waals surface area (Å²) in [6, 6.07) is 7.41. The number of nitrogens with one attached hydrogen (secondary N) is 1. The van der Waals surface area contributed by atoms with Crippen molar-refractivity contribution in [1.29, 1.82) is 0 Å². The summed E-state index contributed by atoms with van der Waals surface area (Å²) in [5.74, 6) is -0.454. The van der Waals surface area contributed by atoms with Crippen molar-refractivity contribution >= 4 is 6.03 Å². The minimum absolute atomic E-state index is 0.00291. The van der Waals surface area contributed by atoms with Crippen LogP contribution >= 0.6 is 0 Å². The van der Waals surface area contributed by atoms with E-state index in [1.807, 2.05) is 12.1 Å². The summed E-state index contributed by atoms with van der Waals surface area (Å²) < 4.78 is 44.0. The molecule has 1 aliphatic carbocycles. The van der Waals surface area contributed by atoms with Crippen molar-refractivity contribution in [2.24, 2.45) is 5.92 Å². The van der Waals surface area contributed by atoms with Crippen molar-refractivity contribution < 1.29 is 22.7 Å². The van der Waals surface area contributed by atoms with E-state index in [4.69, 9.17) is 4.74 Å². The van der Waals surface area contributed by atoms with Crippen LogP contribution in [0.15, 0.2) is 24.3 Å². The molecule has 1 aliphatic heterocycles. The lowest BCUT2D eigenvalue weighted by Gasteiger charge is -2.37. The van der Waals surface area contributed by atoms with Crippen LogP contribution in [-0.4, -0.2) is 67.9 Å². The molecule has 2 fully saturated rings. The van der Waals surface area contributed by atoms with Gasteiger partial charge in [0.1, 0.15) is 5.75 Å².